The average molecular weight is 377 g/mol. The van der Waals surface area contributed by atoms with Crippen molar-refractivity contribution >= 4 is 5.65 Å². The Morgan fingerprint density at radius 3 is 2.89 bits per heavy atom. The molecular formula is C20H23N7O. The number of aliphatic hydroxyl groups is 1. The van der Waals surface area contributed by atoms with Crippen LogP contribution in [0.15, 0.2) is 42.9 Å². The zero-order chi connectivity index (χ0) is 19.3. The summed E-state index contributed by atoms with van der Waals surface area (Å²) in [5, 5.41) is 19.4. The molecule has 0 saturated carbocycles. The molecule has 1 aliphatic heterocycles. The second kappa shape index (κ2) is 6.57. The lowest BCUT2D eigenvalue weighted by molar-refractivity contribution is 0.195. The molecule has 5 rings (SSSR count). The quantitative estimate of drug-likeness (QED) is 0.585. The molecule has 4 aromatic heterocycles. The number of aliphatic hydroxyl groups excluding tert-OH is 1. The van der Waals surface area contributed by atoms with Crippen LogP contribution >= 0.6 is 0 Å². The summed E-state index contributed by atoms with van der Waals surface area (Å²) in [4.78, 5) is 7.10. The van der Waals surface area contributed by atoms with Crippen LogP contribution in [-0.2, 0) is 26.7 Å². The molecule has 28 heavy (non-hydrogen) atoms. The molecule has 1 N–H and O–H groups in total. The lowest BCUT2D eigenvalue weighted by atomic mass is 10.1. The first-order chi connectivity index (χ1) is 13.6. The highest BCUT2D eigenvalue weighted by atomic mass is 16.3. The van der Waals surface area contributed by atoms with Gasteiger partial charge >= 0.3 is 0 Å². The van der Waals surface area contributed by atoms with E-state index in [1.807, 2.05) is 23.9 Å². The third kappa shape index (κ3) is 3.00. The summed E-state index contributed by atoms with van der Waals surface area (Å²) in [6.45, 7) is 5.38. The maximum atomic E-state index is 10.7. The first-order valence-electron chi connectivity index (χ1n) is 9.46. The average Bonchev–Trinajstić information content (AvgIpc) is 3.38. The van der Waals surface area contributed by atoms with Crippen molar-refractivity contribution in [2.24, 2.45) is 7.05 Å². The minimum Gasteiger partial charge on any atom is -0.380 e. The van der Waals surface area contributed by atoms with Gasteiger partial charge in [-0.2, -0.15) is 10.2 Å². The van der Waals surface area contributed by atoms with Crippen molar-refractivity contribution in [1.29, 1.82) is 0 Å². The third-order valence-corrected chi connectivity index (χ3v) is 5.35. The van der Waals surface area contributed by atoms with E-state index in [9.17, 15) is 5.11 Å². The molecule has 0 bridgehead atoms. The first-order valence-corrected chi connectivity index (χ1v) is 9.46. The lowest BCUT2D eigenvalue weighted by Gasteiger charge is -2.26. The van der Waals surface area contributed by atoms with Gasteiger partial charge in [0, 0.05) is 45.3 Å². The summed E-state index contributed by atoms with van der Waals surface area (Å²) in [7, 11) is 1.83. The number of pyridine rings is 1. The molecule has 0 aliphatic carbocycles. The number of hydrogen-bond donors (Lipinski definition) is 1. The van der Waals surface area contributed by atoms with Crippen molar-refractivity contribution in [3.8, 4) is 0 Å². The largest absolute Gasteiger partial charge is 0.380 e. The molecule has 0 radical (unpaired) electrons. The summed E-state index contributed by atoms with van der Waals surface area (Å²) in [5.41, 5.74) is 5.79. The monoisotopic (exact) mass is 377 g/mol. The van der Waals surface area contributed by atoms with Crippen LogP contribution in [0, 0.1) is 6.92 Å². The highest BCUT2D eigenvalue weighted by Gasteiger charge is 2.23. The van der Waals surface area contributed by atoms with Crippen LogP contribution in [0.2, 0.25) is 0 Å². The Hall–Kier alpha value is -2.97. The Bertz CT molecular complexity index is 1140. The number of aromatic nitrogens is 6. The highest BCUT2D eigenvalue weighted by Crippen LogP contribution is 2.24. The summed E-state index contributed by atoms with van der Waals surface area (Å²) in [6.07, 6.45) is 5.13. The number of imidazole rings is 1. The van der Waals surface area contributed by atoms with Crippen molar-refractivity contribution in [2.75, 3.05) is 6.54 Å². The van der Waals surface area contributed by atoms with Gasteiger partial charge in [-0.1, -0.05) is 6.07 Å². The van der Waals surface area contributed by atoms with E-state index in [4.69, 9.17) is 4.98 Å². The van der Waals surface area contributed by atoms with Crippen molar-refractivity contribution in [3.63, 3.8) is 0 Å². The van der Waals surface area contributed by atoms with Crippen molar-refractivity contribution < 1.29 is 5.11 Å². The maximum absolute atomic E-state index is 10.7. The van der Waals surface area contributed by atoms with Crippen LogP contribution in [0.25, 0.3) is 5.65 Å². The van der Waals surface area contributed by atoms with E-state index in [1.165, 1.54) is 5.56 Å². The highest BCUT2D eigenvalue weighted by molar-refractivity contribution is 5.41. The normalized spacial score (nSPS) is 15.8. The predicted octanol–water partition coefficient (Wildman–Crippen LogP) is 1.67. The SMILES string of the molecule is Cc1ccc2nc(CN3CCn4nc([C@@H](O)c5ccnn5C)cc4C3)cn2c1. The Labute approximate surface area is 162 Å². The molecule has 144 valence electrons. The van der Waals surface area contributed by atoms with Crippen LogP contribution in [0.4, 0.5) is 0 Å². The van der Waals surface area contributed by atoms with E-state index >= 15 is 0 Å². The van der Waals surface area contributed by atoms with Gasteiger partial charge in [-0.15, -0.1) is 0 Å². The second-order valence-electron chi connectivity index (χ2n) is 7.48. The summed E-state index contributed by atoms with van der Waals surface area (Å²) < 4.78 is 5.76. The summed E-state index contributed by atoms with van der Waals surface area (Å²) in [6, 6.07) is 7.95. The number of nitrogens with zero attached hydrogens (tertiary/aromatic N) is 7. The molecule has 0 amide bonds. The minimum absolute atomic E-state index is 0.670. The lowest BCUT2D eigenvalue weighted by Crippen LogP contribution is -2.33. The van der Waals surface area contributed by atoms with Gasteiger partial charge in [0.15, 0.2) is 0 Å². The molecule has 5 heterocycles. The molecule has 4 aromatic rings. The van der Waals surface area contributed by atoms with Crippen LogP contribution < -0.4 is 0 Å². The molecule has 0 spiro atoms. The Balaban J connectivity index is 1.33. The van der Waals surface area contributed by atoms with Gasteiger partial charge in [-0.25, -0.2) is 4.98 Å². The van der Waals surface area contributed by atoms with Gasteiger partial charge < -0.3 is 9.51 Å². The molecule has 1 aliphatic rings. The maximum Gasteiger partial charge on any atom is 0.139 e. The van der Waals surface area contributed by atoms with Gasteiger partial charge in [0.1, 0.15) is 11.8 Å². The fraction of sp³-hybridized carbons (Fsp3) is 0.350. The number of hydrogen-bond acceptors (Lipinski definition) is 5. The predicted molar refractivity (Wildman–Crippen MR) is 104 cm³/mol. The minimum atomic E-state index is -0.763. The van der Waals surface area contributed by atoms with E-state index in [1.54, 1.807) is 10.9 Å². The van der Waals surface area contributed by atoms with Crippen LogP contribution in [0.5, 0.6) is 0 Å². The first kappa shape index (κ1) is 17.2. The van der Waals surface area contributed by atoms with Crippen molar-refractivity contribution in [2.45, 2.75) is 32.7 Å². The zero-order valence-electron chi connectivity index (χ0n) is 16.0. The number of aryl methyl sites for hydroxylation is 2. The third-order valence-electron chi connectivity index (χ3n) is 5.35. The number of fused-ring (bicyclic) bond motifs is 2. The van der Waals surface area contributed by atoms with E-state index < -0.39 is 6.10 Å². The van der Waals surface area contributed by atoms with Gasteiger partial charge in [0.2, 0.25) is 0 Å². The Kier molecular flexibility index (Phi) is 4.03. The van der Waals surface area contributed by atoms with Gasteiger partial charge in [0.25, 0.3) is 0 Å². The standard InChI is InChI=1S/C20H23N7O/c1-14-3-4-19-22-15(12-26(19)10-14)11-25-7-8-27-16(13-25)9-17(23-27)20(28)18-5-6-21-24(18)2/h3-6,9-10,12,20,28H,7-8,11,13H2,1-2H3/t20-/m1/s1. The van der Waals surface area contributed by atoms with Crippen LogP contribution in [0.3, 0.4) is 0 Å². The van der Waals surface area contributed by atoms with Gasteiger partial charge in [-0.3, -0.25) is 14.3 Å². The topological polar surface area (TPSA) is 76.4 Å². The fourth-order valence-corrected chi connectivity index (χ4v) is 3.88. The van der Waals surface area contributed by atoms with Crippen LogP contribution in [-0.4, -0.2) is 45.5 Å². The second-order valence-corrected chi connectivity index (χ2v) is 7.48. The molecule has 8 nitrogen and oxygen atoms in total. The summed E-state index contributed by atoms with van der Waals surface area (Å²) >= 11 is 0. The Morgan fingerprint density at radius 1 is 1.18 bits per heavy atom. The molecule has 0 unspecified atom stereocenters. The molecule has 8 heteroatoms. The van der Waals surface area contributed by atoms with Crippen LogP contribution in [0.1, 0.15) is 34.4 Å². The summed E-state index contributed by atoms with van der Waals surface area (Å²) in [5.74, 6) is 0. The zero-order valence-corrected chi connectivity index (χ0v) is 16.0. The smallest absolute Gasteiger partial charge is 0.139 e. The fourth-order valence-electron chi connectivity index (χ4n) is 3.88. The molecule has 0 aromatic carbocycles. The van der Waals surface area contributed by atoms with Crippen molar-refractivity contribution in [3.05, 3.63) is 71.2 Å². The molecule has 1 atom stereocenters. The van der Waals surface area contributed by atoms with E-state index in [0.717, 1.165) is 48.9 Å². The van der Waals surface area contributed by atoms with Gasteiger partial charge in [0.05, 0.1) is 29.3 Å². The van der Waals surface area contributed by atoms with E-state index in [0.29, 0.717) is 5.69 Å². The van der Waals surface area contributed by atoms with E-state index in [-0.39, 0.29) is 0 Å². The molecule has 0 fully saturated rings. The Morgan fingerprint density at radius 2 is 2.07 bits per heavy atom. The molecular weight excluding hydrogens is 354 g/mol. The van der Waals surface area contributed by atoms with Crippen molar-refractivity contribution in [1.82, 2.24) is 33.8 Å². The van der Waals surface area contributed by atoms with Gasteiger partial charge in [-0.05, 0) is 30.7 Å². The van der Waals surface area contributed by atoms with E-state index in [2.05, 4.69) is 50.9 Å². The number of rotatable bonds is 4. The molecule has 0 saturated heterocycles.